The number of ether oxygens (including phenoxy) is 4. The van der Waals surface area contributed by atoms with Crippen molar-refractivity contribution in [2.45, 2.75) is 29.6 Å². The van der Waals surface area contributed by atoms with Crippen LogP contribution in [0.15, 0.2) is 109 Å². The Hall–Kier alpha value is -5.56. The molecular formula is C39H36N2O10. The van der Waals surface area contributed by atoms with Gasteiger partial charge in [-0.25, -0.2) is 9.69 Å². The van der Waals surface area contributed by atoms with Gasteiger partial charge in [-0.3, -0.25) is 19.3 Å². The van der Waals surface area contributed by atoms with E-state index in [4.69, 9.17) is 18.9 Å². The summed E-state index contributed by atoms with van der Waals surface area (Å²) in [6.45, 7) is -0.343. The van der Waals surface area contributed by atoms with Gasteiger partial charge in [-0.2, -0.15) is 0 Å². The van der Waals surface area contributed by atoms with Crippen LogP contribution < -0.4 is 9.64 Å². The summed E-state index contributed by atoms with van der Waals surface area (Å²) in [5.74, 6) is -4.44. The number of methoxy groups -OCH3 is 1. The van der Waals surface area contributed by atoms with Crippen LogP contribution in [0.3, 0.4) is 0 Å². The minimum Gasteiger partial charge on any atom is -0.491 e. The Bertz CT molecular complexity index is 1940. The second kappa shape index (κ2) is 14.0. The number of para-hydroxylation sites is 1. The minimum atomic E-state index is -2.04. The Labute approximate surface area is 293 Å². The van der Waals surface area contributed by atoms with E-state index < -0.39 is 59.5 Å². The number of aliphatic carboxylic acids is 1. The number of morpholine rings is 1. The first-order chi connectivity index (χ1) is 24.8. The van der Waals surface area contributed by atoms with Crippen molar-refractivity contribution in [3.63, 3.8) is 0 Å². The highest BCUT2D eigenvalue weighted by Gasteiger charge is 2.76. The molecule has 0 aromatic heterocycles. The van der Waals surface area contributed by atoms with Crippen molar-refractivity contribution < 1.29 is 48.3 Å². The quantitative estimate of drug-likeness (QED) is 0.177. The number of aliphatic hydroxyl groups excluding tert-OH is 1. The fraction of sp³-hybridized carbons (Fsp3) is 0.282. The predicted molar refractivity (Wildman–Crippen MR) is 182 cm³/mol. The third kappa shape index (κ3) is 5.52. The first kappa shape index (κ1) is 33.9. The van der Waals surface area contributed by atoms with Crippen LogP contribution in [0.5, 0.6) is 5.75 Å². The number of hydrogen-bond donors (Lipinski definition) is 2. The molecule has 3 heterocycles. The van der Waals surface area contributed by atoms with E-state index in [1.165, 1.54) is 7.11 Å². The molecule has 4 aromatic carbocycles. The number of amides is 2. The van der Waals surface area contributed by atoms with Crippen LogP contribution >= 0.6 is 0 Å². The molecule has 1 spiro atoms. The van der Waals surface area contributed by atoms with Crippen molar-refractivity contribution >= 4 is 29.6 Å². The van der Waals surface area contributed by atoms with Gasteiger partial charge in [-0.1, -0.05) is 91.0 Å². The number of imide groups is 1. The van der Waals surface area contributed by atoms with Crippen molar-refractivity contribution in [3.8, 4) is 5.75 Å². The smallest absolute Gasteiger partial charge is 0.421 e. The molecule has 2 fully saturated rings. The Morgan fingerprint density at radius 2 is 1.47 bits per heavy atom. The maximum atomic E-state index is 15.3. The number of anilines is 1. The summed E-state index contributed by atoms with van der Waals surface area (Å²) in [5.41, 5.74) is 0.213. The van der Waals surface area contributed by atoms with Crippen LogP contribution in [0.2, 0.25) is 0 Å². The first-order valence-electron chi connectivity index (χ1n) is 16.6. The molecule has 3 aliphatic heterocycles. The van der Waals surface area contributed by atoms with Crippen molar-refractivity contribution in [2.75, 3.05) is 38.4 Å². The largest absolute Gasteiger partial charge is 0.491 e. The number of carbonyl (C=O) groups is 4. The molecule has 4 aromatic rings. The van der Waals surface area contributed by atoms with Gasteiger partial charge in [0.25, 0.3) is 0 Å². The number of carboxylic acids is 1. The Balaban J connectivity index is 1.53. The number of nitrogens with zero attached hydrogens (tertiary/aromatic N) is 2. The minimum absolute atomic E-state index is 0.0126. The maximum Gasteiger partial charge on any atom is 0.421 e. The normalized spacial score (nSPS) is 25.3. The predicted octanol–water partition coefficient (Wildman–Crippen LogP) is 4.59. The van der Waals surface area contributed by atoms with Gasteiger partial charge < -0.3 is 29.2 Å². The molecule has 12 heteroatoms. The zero-order chi connectivity index (χ0) is 35.7. The standard InChI is InChI=1S/C39H36N2O10/c1-48-21-22-50-38(47)40-29-18-9-8-17-28(29)39(37(40)46)30(35(43)44)32-36(45)51-33(25-13-6-3-7-14-25)31(24-11-4-2-5-12-24)41(32)34(39)26-15-10-16-27(23-26)49-20-19-42/h2-18,23,30-34,42H,19-22H2,1H3,(H,43,44). The highest BCUT2D eigenvalue weighted by molar-refractivity contribution is 6.23. The van der Waals surface area contributed by atoms with Crippen LogP contribution in [0.1, 0.15) is 40.4 Å². The van der Waals surface area contributed by atoms with Crippen LogP contribution in [0.25, 0.3) is 0 Å². The van der Waals surface area contributed by atoms with Gasteiger partial charge in [0.15, 0.2) is 0 Å². The highest BCUT2D eigenvalue weighted by Crippen LogP contribution is 2.65. The van der Waals surface area contributed by atoms with E-state index in [0.29, 0.717) is 16.9 Å². The molecule has 2 saturated heterocycles. The molecule has 0 saturated carbocycles. The Morgan fingerprint density at radius 3 is 2.16 bits per heavy atom. The summed E-state index contributed by atoms with van der Waals surface area (Å²) in [5, 5.41) is 20.7. The molecule has 0 aliphatic carbocycles. The monoisotopic (exact) mass is 692 g/mol. The molecule has 7 rings (SSSR count). The van der Waals surface area contributed by atoms with Gasteiger partial charge in [-0.15, -0.1) is 0 Å². The summed E-state index contributed by atoms with van der Waals surface area (Å²) in [6.07, 6.45) is -1.90. The number of carboxylic acid groups (broad SMARTS) is 1. The molecular weight excluding hydrogens is 656 g/mol. The van der Waals surface area contributed by atoms with Gasteiger partial charge in [0.05, 0.1) is 31.0 Å². The lowest BCUT2D eigenvalue weighted by Crippen LogP contribution is -2.53. The van der Waals surface area contributed by atoms with Crippen molar-refractivity contribution in [3.05, 3.63) is 131 Å². The molecule has 2 N–H and O–H groups in total. The third-order valence-corrected chi connectivity index (χ3v) is 9.86. The third-order valence-electron chi connectivity index (χ3n) is 9.86. The molecule has 12 nitrogen and oxygen atoms in total. The number of benzene rings is 4. The fourth-order valence-electron chi connectivity index (χ4n) is 8.04. The number of aliphatic hydroxyl groups is 1. The summed E-state index contributed by atoms with van der Waals surface area (Å²) in [7, 11) is 1.44. The van der Waals surface area contributed by atoms with Gasteiger partial charge in [0.2, 0.25) is 5.91 Å². The molecule has 2 amide bonds. The van der Waals surface area contributed by atoms with Gasteiger partial charge in [0.1, 0.15) is 42.4 Å². The summed E-state index contributed by atoms with van der Waals surface area (Å²) in [4.78, 5) is 60.0. The van der Waals surface area contributed by atoms with Crippen LogP contribution in [-0.4, -0.2) is 78.6 Å². The van der Waals surface area contributed by atoms with E-state index in [9.17, 15) is 24.6 Å². The number of hydrogen-bond acceptors (Lipinski definition) is 10. The summed E-state index contributed by atoms with van der Waals surface area (Å²) < 4.78 is 22.5. The molecule has 3 aliphatic rings. The van der Waals surface area contributed by atoms with Crippen LogP contribution in [0, 0.1) is 5.92 Å². The number of fused-ring (bicyclic) bond motifs is 3. The van der Waals surface area contributed by atoms with E-state index in [0.717, 1.165) is 10.5 Å². The lowest BCUT2D eigenvalue weighted by molar-refractivity contribution is -0.179. The van der Waals surface area contributed by atoms with E-state index in [2.05, 4.69) is 0 Å². The zero-order valence-corrected chi connectivity index (χ0v) is 27.7. The van der Waals surface area contributed by atoms with E-state index in [1.807, 2.05) is 60.7 Å². The van der Waals surface area contributed by atoms with E-state index in [1.54, 1.807) is 53.4 Å². The summed E-state index contributed by atoms with van der Waals surface area (Å²) >= 11 is 0. The molecule has 262 valence electrons. The topological polar surface area (TPSA) is 152 Å². The second-order valence-corrected chi connectivity index (χ2v) is 12.5. The van der Waals surface area contributed by atoms with E-state index in [-0.39, 0.29) is 37.7 Å². The maximum absolute atomic E-state index is 15.3. The average Bonchev–Trinajstić information content (AvgIpc) is 3.61. The van der Waals surface area contributed by atoms with Crippen molar-refractivity contribution in [1.29, 1.82) is 0 Å². The first-order valence-corrected chi connectivity index (χ1v) is 16.6. The van der Waals surface area contributed by atoms with Gasteiger partial charge >= 0.3 is 18.0 Å². The number of esters is 1. The van der Waals surface area contributed by atoms with Crippen molar-refractivity contribution in [2.24, 2.45) is 5.92 Å². The van der Waals surface area contributed by atoms with Crippen LogP contribution in [-0.2, 0) is 34.0 Å². The molecule has 0 bridgehead atoms. The lowest BCUT2D eigenvalue weighted by Gasteiger charge is -2.46. The zero-order valence-electron chi connectivity index (χ0n) is 27.7. The molecule has 6 atom stereocenters. The number of rotatable bonds is 10. The number of cyclic esters (lactones) is 1. The number of carbonyl (C=O) groups excluding carboxylic acids is 3. The highest BCUT2D eigenvalue weighted by atomic mass is 16.6. The second-order valence-electron chi connectivity index (χ2n) is 12.5. The Kier molecular flexibility index (Phi) is 9.30. The van der Waals surface area contributed by atoms with Crippen molar-refractivity contribution in [1.82, 2.24) is 4.90 Å². The van der Waals surface area contributed by atoms with E-state index >= 15 is 4.79 Å². The average molecular weight is 693 g/mol. The Morgan fingerprint density at radius 1 is 0.804 bits per heavy atom. The lowest BCUT2D eigenvalue weighted by atomic mass is 9.65. The van der Waals surface area contributed by atoms with Gasteiger partial charge in [-0.05, 0) is 40.5 Å². The molecule has 0 radical (unpaired) electrons. The molecule has 6 unspecified atom stereocenters. The molecule has 51 heavy (non-hydrogen) atoms. The summed E-state index contributed by atoms with van der Waals surface area (Å²) in [6, 6.07) is 28.3. The fourth-order valence-corrected chi connectivity index (χ4v) is 8.04. The van der Waals surface area contributed by atoms with Gasteiger partial charge in [0, 0.05) is 7.11 Å². The SMILES string of the molecule is COCCOC(=O)N1C(=O)C2(c3ccccc31)C(C(=O)O)C1C(=O)OC(c3ccccc3)C(c3ccccc3)N1C2c1cccc(OCCO)c1. The van der Waals surface area contributed by atoms with Crippen LogP contribution in [0.4, 0.5) is 10.5 Å².